The number of nitrogens with zero attached hydrogens (tertiary/aromatic N) is 1. The zero-order chi connectivity index (χ0) is 13.9. The Kier molecular flexibility index (Phi) is 4.55. The molecule has 0 heterocycles. The second-order valence-corrected chi connectivity index (χ2v) is 4.46. The second-order valence-electron chi connectivity index (χ2n) is 4.46. The van der Waals surface area contributed by atoms with Gasteiger partial charge in [-0.1, -0.05) is 6.07 Å². The molecule has 0 saturated carbocycles. The van der Waals surface area contributed by atoms with Crippen LogP contribution < -0.4 is 15.4 Å². The monoisotopic (exact) mass is 252 g/mol. The van der Waals surface area contributed by atoms with Crippen molar-refractivity contribution in [3.05, 3.63) is 23.3 Å². The molecule has 0 aliphatic carbocycles. The van der Waals surface area contributed by atoms with Gasteiger partial charge in [0.15, 0.2) is 0 Å². The van der Waals surface area contributed by atoms with Crippen LogP contribution in [0.1, 0.15) is 11.1 Å². The first-order valence-corrected chi connectivity index (χ1v) is 5.71. The van der Waals surface area contributed by atoms with E-state index in [4.69, 9.17) is 15.6 Å². The summed E-state index contributed by atoms with van der Waals surface area (Å²) in [6.07, 6.45) is 0. The molecule has 0 radical (unpaired) electrons. The fraction of sp³-hybridized carbons (Fsp3) is 0.462. The van der Waals surface area contributed by atoms with Crippen LogP contribution in [0.15, 0.2) is 12.1 Å². The topological polar surface area (TPSA) is 75.8 Å². The highest BCUT2D eigenvalue weighted by atomic mass is 16.5. The van der Waals surface area contributed by atoms with Crippen LogP contribution in [-0.2, 0) is 4.79 Å². The Morgan fingerprint density at radius 3 is 2.61 bits per heavy atom. The summed E-state index contributed by atoms with van der Waals surface area (Å²) in [5.41, 5.74) is 8.51. The van der Waals surface area contributed by atoms with Crippen molar-refractivity contribution in [1.29, 1.82) is 0 Å². The van der Waals surface area contributed by atoms with E-state index in [1.54, 1.807) is 19.1 Å². The van der Waals surface area contributed by atoms with Crippen molar-refractivity contribution in [3.8, 4) is 5.75 Å². The zero-order valence-electron chi connectivity index (χ0n) is 11.2. The summed E-state index contributed by atoms with van der Waals surface area (Å²) in [5, 5.41) is 8.83. The molecule has 1 unspecified atom stereocenters. The first kappa shape index (κ1) is 14.3. The van der Waals surface area contributed by atoms with Crippen LogP contribution in [0.25, 0.3) is 0 Å². The summed E-state index contributed by atoms with van der Waals surface area (Å²) in [6.45, 7) is 4.18. The van der Waals surface area contributed by atoms with Gasteiger partial charge in [0.2, 0.25) is 0 Å². The molecular formula is C13H20N2O3. The smallest absolute Gasteiger partial charge is 0.322 e. The molecule has 0 bridgehead atoms. The Morgan fingerprint density at radius 2 is 2.11 bits per heavy atom. The molecule has 1 aromatic carbocycles. The van der Waals surface area contributed by atoms with Gasteiger partial charge >= 0.3 is 5.97 Å². The number of hydrogen-bond acceptors (Lipinski definition) is 4. The van der Waals surface area contributed by atoms with Crippen LogP contribution in [-0.4, -0.2) is 37.8 Å². The molecule has 0 spiro atoms. The largest absolute Gasteiger partial charge is 0.494 e. The molecule has 3 N–H and O–H groups in total. The lowest BCUT2D eigenvalue weighted by Gasteiger charge is -2.25. The molecule has 18 heavy (non-hydrogen) atoms. The minimum Gasteiger partial charge on any atom is -0.494 e. The number of carbonyl (C=O) groups is 1. The summed E-state index contributed by atoms with van der Waals surface area (Å²) in [4.78, 5) is 12.6. The number of benzene rings is 1. The van der Waals surface area contributed by atoms with E-state index in [1.165, 1.54) is 0 Å². The summed E-state index contributed by atoms with van der Waals surface area (Å²) in [7, 11) is 3.41. The highest BCUT2D eigenvalue weighted by molar-refractivity contribution is 5.74. The molecule has 0 amide bonds. The minimum atomic E-state index is -1.01. The van der Waals surface area contributed by atoms with Crippen LogP contribution in [0, 0.1) is 13.8 Å². The summed E-state index contributed by atoms with van der Waals surface area (Å²) in [5.74, 6) is -0.258. The van der Waals surface area contributed by atoms with Crippen LogP contribution in [0.5, 0.6) is 5.75 Å². The molecule has 100 valence electrons. The third-order valence-corrected chi connectivity index (χ3v) is 2.80. The average molecular weight is 252 g/mol. The number of methoxy groups -OCH3 is 1. The molecule has 0 fully saturated rings. The lowest BCUT2D eigenvalue weighted by atomic mass is 10.1. The number of carboxylic acids is 1. The zero-order valence-corrected chi connectivity index (χ0v) is 11.2. The van der Waals surface area contributed by atoms with Crippen molar-refractivity contribution < 1.29 is 14.6 Å². The number of anilines is 1. The third kappa shape index (κ3) is 3.13. The molecular weight excluding hydrogens is 232 g/mol. The van der Waals surface area contributed by atoms with Gasteiger partial charge in [-0.3, -0.25) is 4.79 Å². The molecule has 1 aromatic rings. The first-order valence-electron chi connectivity index (χ1n) is 5.71. The number of likely N-dealkylation sites (N-methyl/N-ethyl adjacent to an activating group) is 1. The number of aryl methyl sites for hydroxylation is 2. The normalized spacial score (nSPS) is 12.1. The maximum absolute atomic E-state index is 10.8. The predicted octanol–water partition coefficient (Wildman–Crippen LogP) is 1.16. The summed E-state index contributed by atoms with van der Waals surface area (Å²) >= 11 is 0. The molecule has 0 saturated heterocycles. The van der Waals surface area contributed by atoms with Gasteiger partial charge in [-0.15, -0.1) is 0 Å². The molecule has 0 aliphatic rings. The highest BCUT2D eigenvalue weighted by Gasteiger charge is 2.18. The lowest BCUT2D eigenvalue weighted by Crippen LogP contribution is -2.41. The Morgan fingerprint density at radius 1 is 1.50 bits per heavy atom. The minimum absolute atomic E-state index is 0.231. The van der Waals surface area contributed by atoms with E-state index in [0.717, 1.165) is 22.6 Å². The first-order chi connectivity index (χ1) is 8.36. The van der Waals surface area contributed by atoms with Crippen molar-refractivity contribution >= 4 is 11.7 Å². The van der Waals surface area contributed by atoms with Crippen molar-refractivity contribution in [3.63, 3.8) is 0 Å². The van der Waals surface area contributed by atoms with E-state index >= 15 is 0 Å². The number of rotatable bonds is 5. The van der Waals surface area contributed by atoms with Gasteiger partial charge in [0, 0.05) is 13.6 Å². The van der Waals surface area contributed by atoms with Crippen molar-refractivity contribution in [2.45, 2.75) is 19.9 Å². The van der Waals surface area contributed by atoms with E-state index in [1.807, 2.05) is 26.0 Å². The summed E-state index contributed by atoms with van der Waals surface area (Å²) < 4.78 is 5.36. The van der Waals surface area contributed by atoms with Crippen LogP contribution in [0.2, 0.25) is 0 Å². The molecule has 5 nitrogen and oxygen atoms in total. The molecule has 0 aromatic heterocycles. The molecule has 0 aliphatic heterocycles. The quantitative estimate of drug-likeness (QED) is 0.822. The number of ether oxygens (including phenoxy) is 1. The van der Waals surface area contributed by atoms with Gasteiger partial charge in [0.25, 0.3) is 0 Å². The van der Waals surface area contributed by atoms with E-state index in [-0.39, 0.29) is 6.54 Å². The van der Waals surface area contributed by atoms with E-state index in [0.29, 0.717) is 0 Å². The Hall–Kier alpha value is -1.75. The molecule has 1 rings (SSSR count). The number of carboxylic acid groups (broad SMARTS) is 1. The molecule has 1 atom stereocenters. The number of hydrogen-bond donors (Lipinski definition) is 2. The van der Waals surface area contributed by atoms with Gasteiger partial charge in [-0.2, -0.15) is 0 Å². The van der Waals surface area contributed by atoms with E-state index in [9.17, 15) is 4.79 Å². The van der Waals surface area contributed by atoms with Crippen LogP contribution in [0.3, 0.4) is 0 Å². The standard InChI is InChI=1S/C13H20N2O3/c1-8-5-9(2)12(18-4)11(6-8)15(3)7-10(14)13(16)17/h5-6,10H,7,14H2,1-4H3,(H,16,17). The average Bonchev–Trinajstić information content (AvgIpc) is 2.27. The van der Waals surface area contributed by atoms with E-state index < -0.39 is 12.0 Å². The second kappa shape index (κ2) is 5.73. The predicted molar refractivity (Wildman–Crippen MR) is 71.3 cm³/mol. The van der Waals surface area contributed by atoms with Gasteiger partial charge in [0.1, 0.15) is 11.8 Å². The Labute approximate surface area is 107 Å². The van der Waals surface area contributed by atoms with Gasteiger partial charge in [-0.05, 0) is 31.0 Å². The highest BCUT2D eigenvalue weighted by Crippen LogP contribution is 2.32. The van der Waals surface area contributed by atoms with Crippen molar-refractivity contribution in [1.82, 2.24) is 0 Å². The maximum atomic E-state index is 10.8. The fourth-order valence-corrected chi connectivity index (χ4v) is 1.95. The van der Waals surface area contributed by atoms with Crippen molar-refractivity contribution in [2.24, 2.45) is 5.73 Å². The van der Waals surface area contributed by atoms with Crippen LogP contribution >= 0.6 is 0 Å². The summed E-state index contributed by atoms with van der Waals surface area (Å²) in [6, 6.07) is 3.06. The van der Waals surface area contributed by atoms with Gasteiger partial charge in [-0.25, -0.2) is 0 Å². The third-order valence-electron chi connectivity index (χ3n) is 2.80. The van der Waals surface area contributed by atoms with Gasteiger partial charge < -0.3 is 20.5 Å². The van der Waals surface area contributed by atoms with Crippen LogP contribution in [0.4, 0.5) is 5.69 Å². The van der Waals surface area contributed by atoms with E-state index in [2.05, 4.69) is 0 Å². The SMILES string of the molecule is COc1c(C)cc(C)cc1N(C)CC(N)C(=O)O. The Bertz CT molecular complexity index is 446. The van der Waals surface area contributed by atoms with Crippen molar-refractivity contribution in [2.75, 3.05) is 25.6 Å². The lowest BCUT2D eigenvalue weighted by molar-refractivity contribution is -0.138. The molecule has 5 heteroatoms. The fourth-order valence-electron chi connectivity index (χ4n) is 1.95. The number of nitrogens with two attached hydrogens (primary N) is 1. The Balaban J connectivity index is 3.04. The number of aliphatic carboxylic acids is 1. The van der Waals surface area contributed by atoms with Gasteiger partial charge in [0.05, 0.1) is 12.8 Å². The maximum Gasteiger partial charge on any atom is 0.322 e.